The maximum absolute atomic E-state index is 5.80. The molecule has 0 amide bonds. The lowest BCUT2D eigenvalue weighted by Gasteiger charge is -2.20. The average molecular weight is 235 g/mol. The molecule has 0 saturated carbocycles. The molecule has 0 spiro atoms. The number of para-hydroxylation sites is 1. The van der Waals surface area contributed by atoms with Gasteiger partial charge in [0, 0.05) is 5.54 Å². The second kappa shape index (κ2) is 6.65. The predicted molar refractivity (Wildman–Crippen MR) is 73.7 cm³/mol. The van der Waals surface area contributed by atoms with Gasteiger partial charge in [0.25, 0.3) is 0 Å². The number of hydrogen-bond donors (Lipinski definition) is 1. The summed E-state index contributed by atoms with van der Waals surface area (Å²) >= 11 is 0. The maximum atomic E-state index is 5.80. The van der Waals surface area contributed by atoms with E-state index in [-0.39, 0.29) is 5.54 Å². The van der Waals surface area contributed by atoms with Crippen LogP contribution in [-0.4, -0.2) is 18.7 Å². The highest BCUT2D eigenvalue weighted by atomic mass is 16.5. The van der Waals surface area contributed by atoms with Gasteiger partial charge in [0.05, 0.1) is 6.61 Å². The zero-order chi connectivity index (χ0) is 12.7. The quantitative estimate of drug-likeness (QED) is 0.763. The number of benzene rings is 1. The second-order valence-electron chi connectivity index (χ2n) is 5.34. The number of rotatable bonds is 6. The highest BCUT2D eigenvalue weighted by Gasteiger charge is 2.07. The van der Waals surface area contributed by atoms with E-state index in [0.29, 0.717) is 0 Å². The summed E-state index contributed by atoms with van der Waals surface area (Å²) in [4.78, 5) is 0. The van der Waals surface area contributed by atoms with Crippen molar-refractivity contribution in [2.24, 2.45) is 0 Å². The summed E-state index contributed by atoms with van der Waals surface area (Å²) in [5, 5.41) is 3.46. The van der Waals surface area contributed by atoms with E-state index < -0.39 is 0 Å². The van der Waals surface area contributed by atoms with Crippen molar-refractivity contribution in [2.75, 3.05) is 13.2 Å². The van der Waals surface area contributed by atoms with Crippen LogP contribution in [0.15, 0.2) is 24.3 Å². The third kappa shape index (κ3) is 5.73. The third-order valence-corrected chi connectivity index (χ3v) is 2.59. The van der Waals surface area contributed by atoms with Crippen LogP contribution in [0, 0.1) is 0 Å². The van der Waals surface area contributed by atoms with E-state index in [1.54, 1.807) is 0 Å². The predicted octanol–water partition coefficient (Wildman–Crippen LogP) is 3.41. The van der Waals surface area contributed by atoms with Crippen LogP contribution in [0.5, 0.6) is 5.75 Å². The second-order valence-corrected chi connectivity index (χ2v) is 5.34. The molecular formula is C15H25NO. The first-order valence-corrected chi connectivity index (χ1v) is 6.48. The molecule has 0 saturated heterocycles. The van der Waals surface area contributed by atoms with Gasteiger partial charge in [-0.2, -0.15) is 0 Å². The lowest BCUT2D eigenvalue weighted by atomic mass is 10.1. The molecule has 2 nitrogen and oxygen atoms in total. The van der Waals surface area contributed by atoms with Gasteiger partial charge in [0.1, 0.15) is 5.75 Å². The Labute approximate surface area is 105 Å². The molecule has 1 aromatic carbocycles. The minimum absolute atomic E-state index is 0.196. The van der Waals surface area contributed by atoms with E-state index in [2.05, 4.69) is 51.2 Å². The molecule has 0 aliphatic carbocycles. The number of nitrogens with one attached hydrogen (secondary N) is 1. The monoisotopic (exact) mass is 235 g/mol. The van der Waals surface area contributed by atoms with Crippen LogP contribution in [0.1, 0.15) is 39.7 Å². The molecule has 1 rings (SSSR count). The lowest BCUT2D eigenvalue weighted by Crippen LogP contribution is -2.36. The van der Waals surface area contributed by atoms with Crippen molar-refractivity contribution in [1.82, 2.24) is 5.32 Å². The van der Waals surface area contributed by atoms with E-state index >= 15 is 0 Å². The van der Waals surface area contributed by atoms with Crippen LogP contribution in [0.25, 0.3) is 0 Å². The van der Waals surface area contributed by atoms with Crippen LogP contribution in [0.3, 0.4) is 0 Å². The van der Waals surface area contributed by atoms with Crippen LogP contribution in [-0.2, 0) is 6.42 Å². The van der Waals surface area contributed by atoms with Gasteiger partial charge in [-0.25, -0.2) is 0 Å². The van der Waals surface area contributed by atoms with Crippen molar-refractivity contribution in [3.63, 3.8) is 0 Å². The molecule has 17 heavy (non-hydrogen) atoms. The Kier molecular flexibility index (Phi) is 5.49. The van der Waals surface area contributed by atoms with E-state index in [9.17, 15) is 0 Å². The van der Waals surface area contributed by atoms with Gasteiger partial charge >= 0.3 is 0 Å². The van der Waals surface area contributed by atoms with E-state index in [1.807, 2.05) is 6.07 Å². The maximum Gasteiger partial charge on any atom is 0.122 e. The molecule has 0 aromatic heterocycles. The minimum Gasteiger partial charge on any atom is -0.493 e. The van der Waals surface area contributed by atoms with Crippen LogP contribution >= 0.6 is 0 Å². The van der Waals surface area contributed by atoms with Gasteiger partial charge in [-0.1, -0.05) is 25.1 Å². The number of aryl methyl sites for hydroxylation is 1. The molecule has 0 aliphatic heterocycles. The molecule has 96 valence electrons. The van der Waals surface area contributed by atoms with Crippen LogP contribution in [0.4, 0.5) is 0 Å². The topological polar surface area (TPSA) is 21.3 Å². The Balaban J connectivity index is 2.27. The van der Waals surface area contributed by atoms with Gasteiger partial charge in [0.2, 0.25) is 0 Å². The molecule has 0 fully saturated rings. The molecule has 0 aliphatic rings. The minimum atomic E-state index is 0.196. The normalized spacial score (nSPS) is 11.5. The molecule has 2 heteroatoms. The SMILES string of the molecule is CCc1ccccc1OCCCNC(C)(C)C. The molecule has 0 unspecified atom stereocenters. The summed E-state index contributed by atoms with van der Waals surface area (Å²) in [5.41, 5.74) is 1.48. The van der Waals surface area contributed by atoms with Crippen molar-refractivity contribution in [3.05, 3.63) is 29.8 Å². The van der Waals surface area contributed by atoms with Gasteiger partial charge in [-0.05, 0) is 51.8 Å². The third-order valence-electron chi connectivity index (χ3n) is 2.59. The summed E-state index contributed by atoms with van der Waals surface area (Å²) in [6.07, 6.45) is 2.06. The van der Waals surface area contributed by atoms with Crippen LogP contribution < -0.4 is 10.1 Å². The Morgan fingerprint density at radius 3 is 2.53 bits per heavy atom. The van der Waals surface area contributed by atoms with Crippen molar-refractivity contribution in [3.8, 4) is 5.75 Å². The first-order valence-electron chi connectivity index (χ1n) is 6.48. The van der Waals surface area contributed by atoms with Gasteiger partial charge in [-0.3, -0.25) is 0 Å². The van der Waals surface area contributed by atoms with Gasteiger partial charge in [0.15, 0.2) is 0 Å². The van der Waals surface area contributed by atoms with Crippen molar-refractivity contribution < 1.29 is 4.74 Å². The summed E-state index contributed by atoms with van der Waals surface area (Å²) < 4.78 is 5.80. The van der Waals surface area contributed by atoms with Gasteiger partial charge < -0.3 is 10.1 Å². The molecule has 0 radical (unpaired) electrons. The largest absolute Gasteiger partial charge is 0.493 e. The fourth-order valence-corrected chi connectivity index (χ4v) is 1.65. The fraction of sp³-hybridized carbons (Fsp3) is 0.600. The number of hydrogen-bond acceptors (Lipinski definition) is 2. The van der Waals surface area contributed by atoms with Gasteiger partial charge in [-0.15, -0.1) is 0 Å². The summed E-state index contributed by atoms with van der Waals surface area (Å²) in [7, 11) is 0. The Morgan fingerprint density at radius 1 is 1.18 bits per heavy atom. The highest BCUT2D eigenvalue weighted by molar-refractivity contribution is 5.33. The highest BCUT2D eigenvalue weighted by Crippen LogP contribution is 2.18. The fourth-order valence-electron chi connectivity index (χ4n) is 1.65. The summed E-state index contributed by atoms with van der Waals surface area (Å²) in [5.74, 6) is 1.03. The van der Waals surface area contributed by atoms with Crippen molar-refractivity contribution in [1.29, 1.82) is 0 Å². The smallest absolute Gasteiger partial charge is 0.122 e. The molecule has 0 atom stereocenters. The van der Waals surface area contributed by atoms with Crippen molar-refractivity contribution >= 4 is 0 Å². The standard InChI is InChI=1S/C15H25NO/c1-5-13-9-6-7-10-14(13)17-12-8-11-16-15(2,3)4/h6-7,9-10,16H,5,8,11-12H2,1-4H3. The Morgan fingerprint density at radius 2 is 1.88 bits per heavy atom. The molecule has 1 aromatic rings. The lowest BCUT2D eigenvalue weighted by molar-refractivity contribution is 0.296. The molecule has 0 bridgehead atoms. The zero-order valence-corrected chi connectivity index (χ0v) is 11.5. The van der Waals surface area contributed by atoms with E-state index in [1.165, 1.54) is 5.56 Å². The van der Waals surface area contributed by atoms with E-state index in [4.69, 9.17) is 4.74 Å². The molecule has 0 heterocycles. The van der Waals surface area contributed by atoms with Crippen LogP contribution in [0.2, 0.25) is 0 Å². The first-order chi connectivity index (χ1) is 8.03. The summed E-state index contributed by atoms with van der Waals surface area (Å²) in [6.45, 7) is 10.5. The molecule has 1 N–H and O–H groups in total. The first kappa shape index (κ1) is 14.0. The Bertz CT molecular complexity index is 328. The van der Waals surface area contributed by atoms with Crippen molar-refractivity contribution in [2.45, 2.75) is 46.1 Å². The molecular weight excluding hydrogens is 210 g/mol. The number of ether oxygens (including phenoxy) is 1. The average Bonchev–Trinajstić information content (AvgIpc) is 2.27. The summed E-state index contributed by atoms with van der Waals surface area (Å²) in [6, 6.07) is 8.27. The zero-order valence-electron chi connectivity index (χ0n) is 11.5. The Hall–Kier alpha value is -1.02. The van der Waals surface area contributed by atoms with E-state index in [0.717, 1.165) is 31.7 Å².